The van der Waals surface area contributed by atoms with Gasteiger partial charge in [0.2, 0.25) is 0 Å². The SMILES string of the molecule is O=S(=O)(Nc1cccnc1)c1cccc(C#CCO)c1. The molecule has 0 amide bonds. The van der Waals surface area contributed by atoms with Crippen LogP contribution in [-0.4, -0.2) is 25.1 Å². The second-order valence-electron chi connectivity index (χ2n) is 3.83. The van der Waals surface area contributed by atoms with E-state index >= 15 is 0 Å². The van der Waals surface area contributed by atoms with Crippen LogP contribution in [0.15, 0.2) is 53.7 Å². The molecule has 0 bridgehead atoms. The summed E-state index contributed by atoms with van der Waals surface area (Å²) in [5, 5.41) is 8.64. The van der Waals surface area contributed by atoms with Crippen molar-refractivity contribution in [3.63, 3.8) is 0 Å². The molecule has 6 heteroatoms. The maximum Gasteiger partial charge on any atom is 0.261 e. The molecule has 0 aliphatic carbocycles. The highest BCUT2D eigenvalue weighted by molar-refractivity contribution is 7.92. The Labute approximate surface area is 117 Å². The van der Waals surface area contributed by atoms with Crippen molar-refractivity contribution in [1.82, 2.24) is 4.98 Å². The van der Waals surface area contributed by atoms with Crippen LogP contribution in [0.1, 0.15) is 5.56 Å². The van der Waals surface area contributed by atoms with E-state index in [0.29, 0.717) is 11.3 Å². The van der Waals surface area contributed by atoms with Crippen LogP contribution in [0.5, 0.6) is 0 Å². The number of hydrogen-bond acceptors (Lipinski definition) is 4. The van der Waals surface area contributed by atoms with Gasteiger partial charge >= 0.3 is 0 Å². The molecule has 2 N–H and O–H groups in total. The third-order valence-electron chi connectivity index (χ3n) is 2.37. The van der Waals surface area contributed by atoms with Crippen LogP contribution in [0, 0.1) is 11.8 Å². The number of nitrogens with one attached hydrogen (secondary N) is 1. The standard InChI is InChI=1S/C14H12N2O3S/c17-9-3-5-12-4-1-7-14(10-12)20(18,19)16-13-6-2-8-15-11-13/h1-2,4,6-8,10-11,16-17H,9H2. The first-order valence-electron chi connectivity index (χ1n) is 5.74. The Morgan fingerprint density at radius 1 is 1.25 bits per heavy atom. The van der Waals surface area contributed by atoms with Gasteiger partial charge in [0.15, 0.2) is 0 Å². The third-order valence-corrected chi connectivity index (χ3v) is 3.75. The van der Waals surface area contributed by atoms with Crippen molar-refractivity contribution in [3.8, 4) is 11.8 Å². The Morgan fingerprint density at radius 3 is 2.80 bits per heavy atom. The molecule has 0 saturated heterocycles. The Kier molecular flexibility index (Phi) is 4.35. The number of rotatable bonds is 3. The van der Waals surface area contributed by atoms with Crippen molar-refractivity contribution in [2.75, 3.05) is 11.3 Å². The fraction of sp³-hybridized carbons (Fsp3) is 0.0714. The van der Waals surface area contributed by atoms with E-state index in [-0.39, 0.29) is 11.5 Å². The largest absolute Gasteiger partial charge is 0.384 e. The van der Waals surface area contributed by atoms with Gasteiger partial charge in [-0.3, -0.25) is 9.71 Å². The van der Waals surface area contributed by atoms with Gasteiger partial charge in [-0.1, -0.05) is 17.9 Å². The number of nitrogens with zero attached hydrogens (tertiary/aromatic N) is 1. The van der Waals surface area contributed by atoms with E-state index in [4.69, 9.17) is 5.11 Å². The van der Waals surface area contributed by atoms with Gasteiger partial charge < -0.3 is 5.11 Å². The molecule has 1 aromatic heterocycles. The molecule has 5 nitrogen and oxygen atoms in total. The molecule has 0 unspecified atom stereocenters. The summed E-state index contributed by atoms with van der Waals surface area (Å²) in [5.41, 5.74) is 0.910. The van der Waals surface area contributed by atoms with Crippen molar-refractivity contribution >= 4 is 15.7 Å². The topological polar surface area (TPSA) is 79.3 Å². The summed E-state index contributed by atoms with van der Waals surface area (Å²) in [6.45, 7) is -0.273. The van der Waals surface area contributed by atoms with Crippen LogP contribution in [0.3, 0.4) is 0 Å². The summed E-state index contributed by atoms with van der Waals surface area (Å²) in [5.74, 6) is 5.14. The molecule has 1 aromatic carbocycles. The summed E-state index contributed by atoms with van der Waals surface area (Å²) in [7, 11) is -3.68. The maximum absolute atomic E-state index is 12.2. The van der Waals surface area contributed by atoms with Crippen LogP contribution >= 0.6 is 0 Å². The maximum atomic E-state index is 12.2. The van der Waals surface area contributed by atoms with Gasteiger partial charge in [0.25, 0.3) is 10.0 Å². The van der Waals surface area contributed by atoms with Crippen LogP contribution in [0.4, 0.5) is 5.69 Å². The average Bonchev–Trinajstić information content (AvgIpc) is 2.46. The van der Waals surface area contributed by atoms with Crippen molar-refractivity contribution in [2.45, 2.75) is 4.90 Å². The smallest absolute Gasteiger partial charge is 0.261 e. The van der Waals surface area contributed by atoms with Crippen LogP contribution in [0.2, 0.25) is 0 Å². The molecule has 102 valence electrons. The van der Waals surface area contributed by atoms with Crippen molar-refractivity contribution in [1.29, 1.82) is 0 Å². The number of aliphatic hydroxyl groups is 1. The minimum atomic E-state index is -3.68. The molecule has 0 saturated carbocycles. The van der Waals surface area contributed by atoms with E-state index < -0.39 is 10.0 Å². The van der Waals surface area contributed by atoms with Gasteiger partial charge in [-0.05, 0) is 30.3 Å². The Bertz CT molecular complexity index is 747. The second-order valence-corrected chi connectivity index (χ2v) is 5.52. The number of aliphatic hydroxyl groups excluding tert-OH is 1. The highest BCUT2D eigenvalue weighted by atomic mass is 32.2. The summed E-state index contributed by atoms with van der Waals surface area (Å²) in [6, 6.07) is 9.44. The molecule has 2 aromatic rings. The molecule has 0 aliphatic rings. The average molecular weight is 288 g/mol. The number of hydrogen-bond donors (Lipinski definition) is 2. The number of anilines is 1. The highest BCUT2D eigenvalue weighted by Crippen LogP contribution is 2.15. The monoisotopic (exact) mass is 288 g/mol. The van der Waals surface area contributed by atoms with E-state index in [9.17, 15) is 8.42 Å². The van der Waals surface area contributed by atoms with E-state index in [1.807, 2.05) is 0 Å². The van der Waals surface area contributed by atoms with Crippen molar-refractivity contribution in [3.05, 3.63) is 54.4 Å². The highest BCUT2D eigenvalue weighted by Gasteiger charge is 2.14. The number of sulfonamides is 1. The van der Waals surface area contributed by atoms with Crippen molar-refractivity contribution < 1.29 is 13.5 Å². The molecular formula is C14H12N2O3S. The van der Waals surface area contributed by atoms with Gasteiger partial charge in [0, 0.05) is 11.8 Å². The third kappa shape index (κ3) is 3.57. The lowest BCUT2D eigenvalue weighted by Crippen LogP contribution is -2.13. The lowest BCUT2D eigenvalue weighted by Gasteiger charge is -2.07. The van der Waals surface area contributed by atoms with Gasteiger partial charge in [-0.2, -0.15) is 0 Å². The van der Waals surface area contributed by atoms with Crippen molar-refractivity contribution in [2.24, 2.45) is 0 Å². The zero-order valence-electron chi connectivity index (χ0n) is 10.4. The first-order valence-corrected chi connectivity index (χ1v) is 7.23. The minimum Gasteiger partial charge on any atom is -0.384 e. The zero-order valence-corrected chi connectivity index (χ0v) is 11.3. The first-order chi connectivity index (χ1) is 9.62. The van der Waals surface area contributed by atoms with Crippen LogP contribution < -0.4 is 4.72 Å². The lowest BCUT2D eigenvalue weighted by molar-refractivity contribution is 0.350. The summed E-state index contributed by atoms with van der Waals surface area (Å²) >= 11 is 0. The molecule has 20 heavy (non-hydrogen) atoms. The van der Waals surface area contributed by atoms with E-state index in [1.165, 1.54) is 18.3 Å². The zero-order chi connectivity index (χ0) is 14.4. The predicted molar refractivity (Wildman–Crippen MR) is 75.5 cm³/mol. The molecule has 0 spiro atoms. The fourth-order valence-corrected chi connectivity index (χ4v) is 2.61. The quantitative estimate of drug-likeness (QED) is 0.832. The molecule has 1 heterocycles. The molecule has 0 radical (unpaired) electrons. The van der Waals surface area contributed by atoms with Gasteiger partial charge in [0.05, 0.1) is 16.8 Å². The summed E-state index contributed by atoms with van der Waals surface area (Å²) < 4.78 is 26.8. The molecule has 0 atom stereocenters. The van der Waals surface area contributed by atoms with Crippen LogP contribution in [-0.2, 0) is 10.0 Å². The molecule has 0 fully saturated rings. The van der Waals surface area contributed by atoms with E-state index in [1.54, 1.807) is 30.5 Å². The normalized spacial score (nSPS) is 10.4. The number of benzene rings is 1. The fourth-order valence-electron chi connectivity index (χ4n) is 1.52. The van der Waals surface area contributed by atoms with Gasteiger partial charge in [-0.15, -0.1) is 0 Å². The van der Waals surface area contributed by atoms with Gasteiger partial charge in [0.1, 0.15) is 6.61 Å². The molecule has 2 rings (SSSR count). The Hall–Kier alpha value is -2.36. The molecule has 0 aliphatic heterocycles. The number of pyridine rings is 1. The summed E-state index contributed by atoms with van der Waals surface area (Å²) in [4.78, 5) is 3.95. The predicted octanol–water partition coefficient (Wildman–Crippen LogP) is 1.23. The van der Waals surface area contributed by atoms with Gasteiger partial charge in [-0.25, -0.2) is 8.42 Å². The second kappa shape index (κ2) is 6.19. The van der Waals surface area contributed by atoms with Crippen LogP contribution in [0.25, 0.3) is 0 Å². The number of aromatic nitrogens is 1. The van der Waals surface area contributed by atoms with E-state index in [0.717, 1.165) is 0 Å². The van der Waals surface area contributed by atoms with E-state index in [2.05, 4.69) is 21.5 Å². The summed E-state index contributed by atoms with van der Waals surface area (Å²) in [6.07, 6.45) is 2.98. The Balaban J connectivity index is 2.30. The first kappa shape index (κ1) is 14.1. The molecular weight excluding hydrogens is 276 g/mol. The Morgan fingerprint density at radius 2 is 2.10 bits per heavy atom. The minimum absolute atomic E-state index is 0.103. The lowest BCUT2D eigenvalue weighted by atomic mass is 10.2.